The molecule has 0 radical (unpaired) electrons. The molecular formula is C29H39N3O2. The molecule has 0 spiro atoms. The van der Waals surface area contributed by atoms with Crippen molar-refractivity contribution in [2.24, 2.45) is 0 Å². The van der Waals surface area contributed by atoms with E-state index in [1.807, 2.05) is 49.1 Å². The number of carbonyl (C=O) groups excluding carboxylic acids is 2. The molecule has 0 bridgehead atoms. The standard InChI is InChI=1S/C29H39N3O2/c1-5-8-19-31-20-17-24(18-21-31)28(26-11-9-10-12-27(26)30-22(4)33)23-13-15-25(16-14-23)29(34)32(6-2)7-3/h9-16H,5-8,17-21H2,1-4H3,(H,30,33). The third-order valence-electron chi connectivity index (χ3n) is 6.62. The van der Waals surface area contributed by atoms with Gasteiger partial charge in [-0.1, -0.05) is 49.2 Å². The van der Waals surface area contributed by atoms with Gasteiger partial charge in [0.15, 0.2) is 0 Å². The lowest BCUT2D eigenvalue weighted by molar-refractivity contribution is -0.114. The number of carbonyl (C=O) groups is 2. The van der Waals surface area contributed by atoms with E-state index in [0.717, 1.165) is 49.3 Å². The number of likely N-dealkylation sites (tertiary alicyclic amines) is 1. The monoisotopic (exact) mass is 461 g/mol. The summed E-state index contributed by atoms with van der Waals surface area (Å²) in [6.45, 7) is 12.5. The molecule has 1 aliphatic heterocycles. The van der Waals surface area contributed by atoms with Gasteiger partial charge in [-0.05, 0) is 69.0 Å². The van der Waals surface area contributed by atoms with Crippen LogP contribution in [0.4, 0.5) is 5.69 Å². The van der Waals surface area contributed by atoms with Crippen LogP contribution in [0.2, 0.25) is 0 Å². The molecular weight excluding hydrogens is 422 g/mol. The maximum absolute atomic E-state index is 12.8. The minimum Gasteiger partial charge on any atom is -0.339 e. The third-order valence-corrected chi connectivity index (χ3v) is 6.62. The van der Waals surface area contributed by atoms with Crippen LogP contribution in [-0.2, 0) is 4.79 Å². The Morgan fingerprint density at radius 2 is 1.53 bits per heavy atom. The summed E-state index contributed by atoms with van der Waals surface area (Å²) in [6.07, 6.45) is 4.47. The zero-order valence-electron chi connectivity index (χ0n) is 21.2. The summed E-state index contributed by atoms with van der Waals surface area (Å²) in [6, 6.07) is 16.0. The van der Waals surface area contributed by atoms with Gasteiger partial charge in [0.1, 0.15) is 0 Å². The predicted molar refractivity (Wildman–Crippen MR) is 141 cm³/mol. The topological polar surface area (TPSA) is 52.7 Å². The van der Waals surface area contributed by atoms with Gasteiger partial charge >= 0.3 is 0 Å². The fourth-order valence-corrected chi connectivity index (χ4v) is 4.70. The van der Waals surface area contributed by atoms with Gasteiger partial charge in [-0.3, -0.25) is 9.59 Å². The van der Waals surface area contributed by atoms with Crippen molar-refractivity contribution in [2.75, 3.05) is 38.0 Å². The van der Waals surface area contributed by atoms with Crippen LogP contribution in [-0.4, -0.2) is 54.3 Å². The number of nitrogens with zero attached hydrogens (tertiary/aromatic N) is 2. The summed E-state index contributed by atoms with van der Waals surface area (Å²) < 4.78 is 0. The summed E-state index contributed by atoms with van der Waals surface area (Å²) in [5.41, 5.74) is 6.26. The third kappa shape index (κ3) is 6.35. The van der Waals surface area contributed by atoms with Crippen LogP contribution in [0.1, 0.15) is 74.9 Å². The number of hydrogen-bond acceptors (Lipinski definition) is 3. The van der Waals surface area contributed by atoms with E-state index in [0.29, 0.717) is 18.7 Å². The predicted octanol–water partition coefficient (Wildman–Crippen LogP) is 5.82. The average molecular weight is 462 g/mol. The summed E-state index contributed by atoms with van der Waals surface area (Å²) in [7, 11) is 0. The van der Waals surface area contributed by atoms with Crippen LogP contribution in [0, 0.1) is 0 Å². The Labute approximate surface area is 204 Å². The van der Waals surface area contributed by atoms with Gasteiger partial charge in [0.2, 0.25) is 5.91 Å². The van der Waals surface area contributed by atoms with E-state index in [1.165, 1.54) is 24.0 Å². The fourth-order valence-electron chi connectivity index (χ4n) is 4.70. The molecule has 1 fully saturated rings. The molecule has 1 heterocycles. The molecule has 0 unspecified atom stereocenters. The first-order chi connectivity index (χ1) is 16.5. The number of benzene rings is 2. The number of anilines is 1. The molecule has 5 nitrogen and oxygen atoms in total. The van der Waals surface area contributed by atoms with Gasteiger partial charge in [0.25, 0.3) is 5.91 Å². The van der Waals surface area contributed by atoms with Crippen molar-refractivity contribution in [2.45, 2.75) is 53.4 Å². The molecule has 1 saturated heterocycles. The van der Waals surface area contributed by atoms with E-state index in [1.54, 1.807) is 6.92 Å². The van der Waals surface area contributed by atoms with Crippen molar-refractivity contribution < 1.29 is 9.59 Å². The Bertz CT molecular complexity index is 996. The fraction of sp³-hybridized carbons (Fsp3) is 0.448. The minimum absolute atomic E-state index is 0.0635. The van der Waals surface area contributed by atoms with Crippen LogP contribution < -0.4 is 5.32 Å². The van der Waals surface area contributed by atoms with Gasteiger partial charge in [-0.2, -0.15) is 0 Å². The van der Waals surface area contributed by atoms with Crippen molar-refractivity contribution in [3.05, 3.63) is 70.8 Å². The smallest absolute Gasteiger partial charge is 0.253 e. The van der Waals surface area contributed by atoms with E-state index in [2.05, 4.69) is 35.3 Å². The normalized spacial score (nSPS) is 14.1. The molecule has 2 aromatic carbocycles. The Morgan fingerprint density at radius 1 is 0.912 bits per heavy atom. The Kier molecular flexibility index (Phi) is 9.46. The number of piperidine rings is 1. The largest absolute Gasteiger partial charge is 0.339 e. The molecule has 0 aliphatic carbocycles. The van der Waals surface area contributed by atoms with E-state index < -0.39 is 0 Å². The van der Waals surface area contributed by atoms with Crippen molar-refractivity contribution >= 4 is 23.1 Å². The number of amides is 2. The quantitative estimate of drug-likeness (QED) is 0.512. The SMILES string of the molecule is CCCCN1CCC(=C(c2ccc(C(=O)N(CC)CC)cc2)c2ccccc2NC(C)=O)CC1. The highest BCUT2D eigenvalue weighted by Gasteiger charge is 2.21. The Morgan fingerprint density at radius 3 is 2.12 bits per heavy atom. The lowest BCUT2D eigenvalue weighted by Crippen LogP contribution is -2.32. The van der Waals surface area contributed by atoms with Crippen molar-refractivity contribution in [1.29, 1.82) is 0 Å². The van der Waals surface area contributed by atoms with Gasteiger partial charge in [0, 0.05) is 49.9 Å². The highest BCUT2D eigenvalue weighted by molar-refractivity contribution is 5.97. The van der Waals surface area contributed by atoms with E-state index in [4.69, 9.17) is 0 Å². The van der Waals surface area contributed by atoms with Gasteiger partial charge in [0.05, 0.1) is 0 Å². The van der Waals surface area contributed by atoms with Gasteiger partial charge in [-0.25, -0.2) is 0 Å². The minimum atomic E-state index is -0.0775. The molecule has 1 N–H and O–H groups in total. The van der Waals surface area contributed by atoms with Crippen molar-refractivity contribution in [3.63, 3.8) is 0 Å². The second-order valence-electron chi connectivity index (χ2n) is 8.96. The maximum atomic E-state index is 12.8. The Hall–Kier alpha value is -2.92. The van der Waals surface area contributed by atoms with Crippen LogP contribution in [0.3, 0.4) is 0 Å². The first-order valence-corrected chi connectivity index (χ1v) is 12.7. The average Bonchev–Trinajstić information content (AvgIpc) is 2.85. The van der Waals surface area contributed by atoms with E-state index in [-0.39, 0.29) is 11.8 Å². The number of nitrogens with one attached hydrogen (secondary N) is 1. The summed E-state index contributed by atoms with van der Waals surface area (Å²) in [5, 5.41) is 3.01. The summed E-state index contributed by atoms with van der Waals surface area (Å²) >= 11 is 0. The first-order valence-electron chi connectivity index (χ1n) is 12.7. The second kappa shape index (κ2) is 12.5. The highest BCUT2D eigenvalue weighted by atomic mass is 16.2. The van der Waals surface area contributed by atoms with Crippen LogP contribution in [0.25, 0.3) is 5.57 Å². The molecule has 1 aliphatic rings. The summed E-state index contributed by atoms with van der Waals surface area (Å²) in [5.74, 6) is -0.0139. The van der Waals surface area contributed by atoms with Gasteiger partial charge < -0.3 is 15.1 Å². The lowest BCUT2D eigenvalue weighted by atomic mass is 9.87. The van der Waals surface area contributed by atoms with Crippen molar-refractivity contribution in [3.8, 4) is 0 Å². The number of rotatable bonds is 9. The molecule has 0 aromatic heterocycles. The molecule has 3 rings (SSSR count). The zero-order valence-corrected chi connectivity index (χ0v) is 21.2. The number of hydrogen-bond donors (Lipinski definition) is 1. The molecule has 0 atom stereocenters. The van der Waals surface area contributed by atoms with Crippen LogP contribution in [0.5, 0.6) is 0 Å². The zero-order chi connectivity index (χ0) is 24.5. The van der Waals surface area contributed by atoms with Crippen LogP contribution in [0.15, 0.2) is 54.1 Å². The van der Waals surface area contributed by atoms with Crippen molar-refractivity contribution in [1.82, 2.24) is 9.80 Å². The Balaban J connectivity index is 2.00. The number of unbranched alkanes of at least 4 members (excludes halogenated alkanes) is 1. The van der Waals surface area contributed by atoms with Crippen LogP contribution >= 0.6 is 0 Å². The molecule has 0 saturated carbocycles. The maximum Gasteiger partial charge on any atom is 0.253 e. The summed E-state index contributed by atoms with van der Waals surface area (Å²) in [4.78, 5) is 29.1. The molecule has 34 heavy (non-hydrogen) atoms. The van der Waals surface area contributed by atoms with E-state index in [9.17, 15) is 9.59 Å². The molecule has 5 heteroatoms. The highest BCUT2D eigenvalue weighted by Crippen LogP contribution is 2.36. The van der Waals surface area contributed by atoms with E-state index >= 15 is 0 Å². The number of para-hydroxylation sites is 1. The lowest BCUT2D eigenvalue weighted by Gasteiger charge is -2.30. The molecule has 2 amide bonds. The second-order valence-corrected chi connectivity index (χ2v) is 8.96. The molecule has 2 aromatic rings. The van der Waals surface area contributed by atoms with Gasteiger partial charge in [-0.15, -0.1) is 0 Å². The molecule has 182 valence electrons. The first kappa shape index (κ1) is 25.7.